The second kappa shape index (κ2) is 6.82. The first kappa shape index (κ1) is 16.6. The number of aromatic nitrogens is 2. The van der Waals surface area contributed by atoms with Gasteiger partial charge in [0.1, 0.15) is 18.0 Å². The molecule has 114 valence electrons. The zero-order valence-electron chi connectivity index (χ0n) is 12.2. The van der Waals surface area contributed by atoms with Crippen LogP contribution in [0.25, 0.3) is 0 Å². The predicted molar refractivity (Wildman–Crippen MR) is 79.9 cm³/mol. The molecular weight excluding hydrogens is 280 g/mol. The van der Waals surface area contributed by atoms with Gasteiger partial charge in [0.25, 0.3) is 0 Å². The highest BCUT2D eigenvalue weighted by Crippen LogP contribution is 2.27. The molecule has 0 amide bonds. The minimum Gasteiger partial charge on any atom is -0.369 e. The van der Waals surface area contributed by atoms with Gasteiger partial charge in [0.2, 0.25) is 10.0 Å². The van der Waals surface area contributed by atoms with E-state index >= 15 is 0 Å². The van der Waals surface area contributed by atoms with Crippen molar-refractivity contribution < 1.29 is 8.42 Å². The van der Waals surface area contributed by atoms with Gasteiger partial charge >= 0.3 is 0 Å². The number of nitrogens with two attached hydrogens (primary N) is 1. The fourth-order valence-corrected chi connectivity index (χ4v) is 2.40. The van der Waals surface area contributed by atoms with Crippen LogP contribution in [0.15, 0.2) is 6.33 Å². The number of anilines is 2. The van der Waals surface area contributed by atoms with Crippen LogP contribution in [0.1, 0.15) is 25.3 Å². The first-order valence-electron chi connectivity index (χ1n) is 6.25. The molecule has 0 bridgehead atoms. The molecule has 0 aliphatic heterocycles. The lowest BCUT2D eigenvalue weighted by Crippen LogP contribution is -2.29. The van der Waals surface area contributed by atoms with Gasteiger partial charge < -0.3 is 10.7 Å². The van der Waals surface area contributed by atoms with E-state index in [1.54, 1.807) is 0 Å². The molecule has 1 rings (SSSR count). The van der Waals surface area contributed by atoms with Crippen molar-refractivity contribution in [3.05, 3.63) is 11.9 Å². The Morgan fingerprint density at radius 1 is 1.30 bits per heavy atom. The van der Waals surface area contributed by atoms with E-state index in [4.69, 9.17) is 5.84 Å². The molecule has 0 aliphatic rings. The van der Waals surface area contributed by atoms with Crippen molar-refractivity contribution in [2.75, 3.05) is 37.1 Å². The number of nitrogen functional groups attached to an aromatic ring is 1. The molecule has 1 heterocycles. The van der Waals surface area contributed by atoms with Crippen molar-refractivity contribution in [1.29, 1.82) is 0 Å². The maximum absolute atomic E-state index is 11.7. The monoisotopic (exact) mass is 302 g/mol. The van der Waals surface area contributed by atoms with Gasteiger partial charge in [-0.2, -0.15) is 0 Å². The standard InChI is InChI=1S/C11H22N6O2S/c1-8(2)9-10(14-7-15-11(9)16-12)13-5-6-20(18,19)17(3)4/h7-8H,5-6,12H2,1-4H3,(H2,13,14,15,16). The summed E-state index contributed by atoms with van der Waals surface area (Å²) in [6, 6.07) is 0. The van der Waals surface area contributed by atoms with E-state index in [2.05, 4.69) is 20.7 Å². The van der Waals surface area contributed by atoms with Crippen LogP contribution in [0.5, 0.6) is 0 Å². The van der Waals surface area contributed by atoms with Crippen molar-refractivity contribution >= 4 is 21.7 Å². The topological polar surface area (TPSA) is 113 Å². The van der Waals surface area contributed by atoms with E-state index in [9.17, 15) is 8.42 Å². The summed E-state index contributed by atoms with van der Waals surface area (Å²) < 4.78 is 24.6. The predicted octanol–water partition coefficient (Wildman–Crippen LogP) is 0.189. The van der Waals surface area contributed by atoms with Crippen LogP contribution in [-0.2, 0) is 10.0 Å². The average Bonchev–Trinajstić information content (AvgIpc) is 2.37. The number of hydrazine groups is 1. The molecule has 0 aromatic carbocycles. The molecule has 1 aromatic heterocycles. The van der Waals surface area contributed by atoms with Crippen molar-refractivity contribution in [1.82, 2.24) is 14.3 Å². The third-order valence-corrected chi connectivity index (χ3v) is 4.64. The number of nitrogens with zero attached hydrogens (tertiary/aromatic N) is 3. The highest BCUT2D eigenvalue weighted by atomic mass is 32.2. The van der Waals surface area contributed by atoms with Crippen LogP contribution in [0.4, 0.5) is 11.6 Å². The number of hydrogen-bond donors (Lipinski definition) is 3. The Morgan fingerprint density at radius 3 is 2.40 bits per heavy atom. The molecule has 20 heavy (non-hydrogen) atoms. The number of rotatable bonds is 7. The van der Waals surface area contributed by atoms with Gasteiger partial charge in [0.05, 0.1) is 5.75 Å². The second-order valence-corrected chi connectivity index (χ2v) is 7.11. The van der Waals surface area contributed by atoms with Gasteiger partial charge in [0, 0.05) is 26.2 Å². The molecule has 0 aliphatic carbocycles. The molecule has 0 saturated heterocycles. The minimum absolute atomic E-state index is 0.00702. The Balaban J connectivity index is 2.84. The summed E-state index contributed by atoms with van der Waals surface area (Å²) in [6.07, 6.45) is 1.38. The van der Waals surface area contributed by atoms with E-state index in [0.29, 0.717) is 11.6 Å². The maximum atomic E-state index is 11.7. The quantitative estimate of drug-likeness (QED) is 0.486. The van der Waals surface area contributed by atoms with Crippen molar-refractivity contribution in [2.45, 2.75) is 19.8 Å². The third kappa shape index (κ3) is 4.02. The minimum atomic E-state index is -3.23. The second-order valence-electron chi connectivity index (χ2n) is 4.81. The fourth-order valence-electron chi connectivity index (χ4n) is 1.68. The van der Waals surface area contributed by atoms with Crippen LogP contribution in [0.3, 0.4) is 0 Å². The molecule has 4 N–H and O–H groups in total. The summed E-state index contributed by atoms with van der Waals surface area (Å²) in [5.74, 6) is 6.70. The third-order valence-electron chi connectivity index (χ3n) is 2.81. The molecule has 8 nitrogen and oxygen atoms in total. The number of hydrogen-bond acceptors (Lipinski definition) is 7. The summed E-state index contributed by atoms with van der Waals surface area (Å²) in [7, 11) is -0.210. The highest BCUT2D eigenvalue weighted by Gasteiger charge is 2.16. The van der Waals surface area contributed by atoms with E-state index in [0.717, 1.165) is 5.56 Å². The molecule has 9 heteroatoms. The largest absolute Gasteiger partial charge is 0.369 e. The molecule has 0 spiro atoms. The van der Waals surface area contributed by atoms with Crippen LogP contribution in [0, 0.1) is 0 Å². The first-order valence-corrected chi connectivity index (χ1v) is 7.86. The van der Waals surface area contributed by atoms with Crippen LogP contribution < -0.4 is 16.6 Å². The van der Waals surface area contributed by atoms with Gasteiger partial charge in [-0.15, -0.1) is 0 Å². The molecule has 0 unspecified atom stereocenters. The summed E-state index contributed by atoms with van der Waals surface area (Å²) in [5.41, 5.74) is 3.36. The summed E-state index contributed by atoms with van der Waals surface area (Å²) in [6.45, 7) is 4.24. The van der Waals surface area contributed by atoms with Crippen LogP contribution in [0.2, 0.25) is 0 Å². The average molecular weight is 302 g/mol. The SMILES string of the molecule is CC(C)c1c(NN)ncnc1NCCS(=O)(=O)N(C)C. The van der Waals surface area contributed by atoms with Crippen LogP contribution in [-0.4, -0.2) is 49.1 Å². The Bertz CT molecular complexity index is 544. The Hall–Kier alpha value is -1.45. The molecule has 0 saturated carbocycles. The number of nitrogens with one attached hydrogen (secondary N) is 2. The molecule has 1 aromatic rings. The van der Waals surface area contributed by atoms with Crippen molar-refractivity contribution in [2.24, 2.45) is 5.84 Å². The Labute approximate surface area is 119 Å². The zero-order chi connectivity index (χ0) is 15.3. The summed E-state index contributed by atoms with van der Waals surface area (Å²) in [4.78, 5) is 8.20. The van der Waals surface area contributed by atoms with Gasteiger partial charge in [0.15, 0.2) is 0 Å². The number of sulfonamides is 1. The smallest absolute Gasteiger partial charge is 0.215 e. The fraction of sp³-hybridized carbons (Fsp3) is 0.636. The maximum Gasteiger partial charge on any atom is 0.215 e. The lowest BCUT2D eigenvalue weighted by Gasteiger charge is -2.17. The molecule has 0 radical (unpaired) electrons. The van der Waals surface area contributed by atoms with E-state index < -0.39 is 10.0 Å². The van der Waals surface area contributed by atoms with E-state index in [1.807, 2.05) is 13.8 Å². The molecule has 0 fully saturated rings. The van der Waals surface area contributed by atoms with E-state index in [1.165, 1.54) is 24.7 Å². The summed E-state index contributed by atoms with van der Waals surface area (Å²) in [5, 5.41) is 3.03. The van der Waals surface area contributed by atoms with E-state index in [-0.39, 0.29) is 18.2 Å². The van der Waals surface area contributed by atoms with Gasteiger partial charge in [-0.3, -0.25) is 0 Å². The van der Waals surface area contributed by atoms with Crippen molar-refractivity contribution in [3.8, 4) is 0 Å². The normalized spacial score (nSPS) is 11.9. The molecule has 0 atom stereocenters. The first-order chi connectivity index (χ1) is 9.29. The Morgan fingerprint density at radius 2 is 1.90 bits per heavy atom. The Kier molecular flexibility index (Phi) is 5.66. The van der Waals surface area contributed by atoms with Gasteiger partial charge in [-0.1, -0.05) is 13.8 Å². The zero-order valence-corrected chi connectivity index (χ0v) is 13.0. The lowest BCUT2D eigenvalue weighted by atomic mass is 10.0. The lowest BCUT2D eigenvalue weighted by molar-refractivity contribution is 0.521. The highest BCUT2D eigenvalue weighted by molar-refractivity contribution is 7.89. The van der Waals surface area contributed by atoms with Gasteiger partial charge in [-0.05, 0) is 5.92 Å². The van der Waals surface area contributed by atoms with Crippen molar-refractivity contribution in [3.63, 3.8) is 0 Å². The molecular formula is C11H22N6O2S. The van der Waals surface area contributed by atoms with Gasteiger partial charge in [-0.25, -0.2) is 28.5 Å². The van der Waals surface area contributed by atoms with Crippen LogP contribution >= 0.6 is 0 Å². The summed E-state index contributed by atoms with van der Waals surface area (Å²) >= 11 is 0.